The van der Waals surface area contributed by atoms with Crippen molar-refractivity contribution in [3.63, 3.8) is 0 Å². The maximum Gasteiger partial charge on any atom is -0.0443 e. The topological polar surface area (TPSA) is 0 Å². The minimum absolute atomic E-state index is 0.957. The first-order valence-electron chi connectivity index (χ1n) is 16.2. The molecule has 33 heavy (non-hydrogen) atoms. The molecule has 0 heterocycles. The van der Waals surface area contributed by atoms with Gasteiger partial charge in [0.1, 0.15) is 0 Å². The Morgan fingerprint density at radius 3 is 0.788 bits per heavy atom. The van der Waals surface area contributed by atoms with Crippen molar-refractivity contribution in [2.24, 2.45) is 11.8 Å². The first-order valence-corrected chi connectivity index (χ1v) is 16.2. The summed E-state index contributed by atoms with van der Waals surface area (Å²) >= 11 is 0. The van der Waals surface area contributed by atoms with Crippen LogP contribution >= 0.6 is 0 Å². The van der Waals surface area contributed by atoms with E-state index in [2.05, 4.69) is 27.7 Å². The standard InChI is InChI=1S/C33H68/c1-5-7-9-11-12-13-14-15-16-17-18-19-20-21-22-23-24-26-29-33(4)31-27-30-32(3)28-25-10-8-6-2/h32-33H,5-31H2,1-4H3. The summed E-state index contributed by atoms with van der Waals surface area (Å²) in [6.07, 6.45) is 39.7. The van der Waals surface area contributed by atoms with Crippen molar-refractivity contribution in [1.29, 1.82) is 0 Å². The van der Waals surface area contributed by atoms with E-state index in [-0.39, 0.29) is 0 Å². The molecule has 0 saturated heterocycles. The van der Waals surface area contributed by atoms with E-state index in [0.29, 0.717) is 0 Å². The fourth-order valence-electron chi connectivity index (χ4n) is 5.42. The van der Waals surface area contributed by atoms with Gasteiger partial charge in [-0.05, 0) is 11.8 Å². The lowest BCUT2D eigenvalue weighted by atomic mass is 9.92. The van der Waals surface area contributed by atoms with Gasteiger partial charge in [-0.25, -0.2) is 0 Å². The van der Waals surface area contributed by atoms with Gasteiger partial charge in [0.2, 0.25) is 0 Å². The molecule has 2 atom stereocenters. The van der Waals surface area contributed by atoms with Crippen molar-refractivity contribution in [3.05, 3.63) is 0 Å². The molecule has 0 rings (SSSR count). The second-order valence-electron chi connectivity index (χ2n) is 11.8. The van der Waals surface area contributed by atoms with Crippen molar-refractivity contribution >= 4 is 0 Å². The number of hydrogen-bond acceptors (Lipinski definition) is 0. The molecule has 0 fully saturated rings. The summed E-state index contributed by atoms with van der Waals surface area (Å²) in [5.74, 6) is 1.91. The predicted molar refractivity (Wildman–Crippen MR) is 154 cm³/mol. The van der Waals surface area contributed by atoms with E-state index in [0.717, 1.165) is 11.8 Å². The van der Waals surface area contributed by atoms with Crippen LogP contribution < -0.4 is 0 Å². The molecule has 0 heteroatoms. The van der Waals surface area contributed by atoms with Crippen molar-refractivity contribution < 1.29 is 0 Å². The fourth-order valence-corrected chi connectivity index (χ4v) is 5.42. The predicted octanol–water partition coefficient (Wildman–Crippen LogP) is 12.8. The molecule has 0 N–H and O–H groups in total. The van der Waals surface area contributed by atoms with Crippen LogP contribution in [0.15, 0.2) is 0 Å². The Labute approximate surface area is 212 Å². The lowest BCUT2D eigenvalue weighted by molar-refractivity contribution is 0.391. The van der Waals surface area contributed by atoms with Gasteiger partial charge in [0.15, 0.2) is 0 Å². The van der Waals surface area contributed by atoms with E-state index < -0.39 is 0 Å². The third-order valence-corrected chi connectivity index (χ3v) is 7.99. The summed E-state index contributed by atoms with van der Waals surface area (Å²) in [4.78, 5) is 0. The van der Waals surface area contributed by atoms with Gasteiger partial charge in [-0.3, -0.25) is 0 Å². The van der Waals surface area contributed by atoms with Crippen LogP contribution in [0.1, 0.15) is 201 Å². The van der Waals surface area contributed by atoms with Crippen LogP contribution in [0.25, 0.3) is 0 Å². The summed E-state index contributed by atoms with van der Waals surface area (Å²) in [5.41, 5.74) is 0. The van der Waals surface area contributed by atoms with Crippen molar-refractivity contribution in [2.75, 3.05) is 0 Å². The normalized spacial score (nSPS) is 13.5. The summed E-state index contributed by atoms with van der Waals surface area (Å²) in [5, 5.41) is 0. The maximum absolute atomic E-state index is 2.50. The highest BCUT2D eigenvalue weighted by atomic mass is 14.1. The van der Waals surface area contributed by atoms with Gasteiger partial charge < -0.3 is 0 Å². The minimum Gasteiger partial charge on any atom is -0.0654 e. The molecule has 0 bridgehead atoms. The molecule has 0 aromatic carbocycles. The average molecular weight is 465 g/mol. The highest BCUT2D eigenvalue weighted by Gasteiger charge is 2.06. The third-order valence-electron chi connectivity index (χ3n) is 7.99. The number of unbranched alkanes of at least 4 members (excludes halogenated alkanes) is 20. The molecular formula is C33H68. The van der Waals surface area contributed by atoms with E-state index >= 15 is 0 Å². The average Bonchev–Trinajstić information content (AvgIpc) is 2.81. The van der Waals surface area contributed by atoms with Crippen molar-refractivity contribution in [1.82, 2.24) is 0 Å². The zero-order chi connectivity index (χ0) is 24.2. The van der Waals surface area contributed by atoms with Crippen molar-refractivity contribution in [2.45, 2.75) is 201 Å². The maximum atomic E-state index is 2.50. The van der Waals surface area contributed by atoms with Crippen LogP contribution in [0, 0.1) is 11.8 Å². The SMILES string of the molecule is CCCCCCCCCCCCCCCCCCCCC(C)CCCC(C)CCCCCC. The largest absolute Gasteiger partial charge is 0.0654 e. The zero-order valence-electron chi connectivity index (χ0n) is 24.2. The molecule has 0 saturated carbocycles. The fraction of sp³-hybridized carbons (Fsp3) is 1.00. The summed E-state index contributed by atoms with van der Waals surface area (Å²) < 4.78 is 0. The van der Waals surface area contributed by atoms with E-state index in [1.165, 1.54) is 173 Å². The minimum atomic E-state index is 0.957. The Morgan fingerprint density at radius 2 is 0.485 bits per heavy atom. The molecule has 0 spiro atoms. The van der Waals surface area contributed by atoms with E-state index in [1.807, 2.05) is 0 Å². The molecule has 0 nitrogen and oxygen atoms in total. The Bertz CT molecular complexity index is 333. The van der Waals surface area contributed by atoms with Gasteiger partial charge in [0, 0.05) is 0 Å². The Kier molecular flexibility index (Phi) is 28.2. The van der Waals surface area contributed by atoms with Gasteiger partial charge in [-0.2, -0.15) is 0 Å². The van der Waals surface area contributed by atoms with E-state index in [9.17, 15) is 0 Å². The summed E-state index contributed by atoms with van der Waals surface area (Å²) in [6, 6.07) is 0. The van der Waals surface area contributed by atoms with Gasteiger partial charge >= 0.3 is 0 Å². The first kappa shape index (κ1) is 33.0. The summed E-state index contributed by atoms with van der Waals surface area (Å²) in [6.45, 7) is 9.60. The molecular weight excluding hydrogens is 396 g/mol. The van der Waals surface area contributed by atoms with Crippen LogP contribution in [0.4, 0.5) is 0 Å². The lowest BCUT2D eigenvalue weighted by Crippen LogP contribution is -1.99. The quantitative estimate of drug-likeness (QED) is 0.101. The molecule has 2 unspecified atom stereocenters. The zero-order valence-corrected chi connectivity index (χ0v) is 24.2. The second-order valence-corrected chi connectivity index (χ2v) is 11.8. The highest BCUT2D eigenvalue weighted by Crippen LogP contribution is 2.21. The van der Waals surface area contributed by atoms with Crippen LogP contribution in [0.3, 0.4) is 0 Å². The molecule has 200 valence electrons. The molecule has 0 aromatic rings. The molecule has 0 aliphatic heterocycles. The van der Waals surface area contributed by atoms with Crippen LogP contribution in [0.5, 0.6) is 0 Å². The summed E-state index contributed by atoms with van der Waals surface area (Å²) in [7, 11) is 0. The number of hydrogen-bond donors (Lipinski definition) is 0. The van der Waals surface area contributed by atoms with Gasteiger partial charge in [0.05, 0.1) is 0 Å². The highest BCUT2D eigenvalue weighted by molar-refractivity contribution is 4.59. The van der Waals surface area contributed by atoms with Crippen molar-refractivity contribution in [3.8, 4) is 0 Å². The van der Waals surface area contributed by atoms with Gasteiger partial charge in [-0.15, -0.1) is 0 Å². The van der Waals surface area contributed by atoms with E-state index in [4.69, 9.17) is 0 Å². The third kappa shape index (κ3) is 28.1. The first-order chi connectivity index (χ1) is 16.2. The van der Waals surface area contributed by atoms with E-state index in [1.54, 1.807) is 0 Å². The Morgan fingerprint density at radius 1 is 0.273 bits per heavy atom. The molecule has 0 aromatic heterocycles. The van der Waals surface area contributed by atoms with Crippen LogP contribution in [-0.2, 0) is 0 Å². The van der Waals surface area contributed by atoms with Crippen LogP contribution in [0.2, 0.25) is 0 Å². The second kappa shape index (κ2) is 28.2. The smallest absolute Gasteiger partial charge is 0.0443 e. The molecule has 0 aliphatic rings. The monoisotopic (exact) mass is 465 g/mol. The van der Waals surface area contributed by atoms with Crippen LogP contribution in [-0.4, -0.2) is 0 Å². The Balaban J connectivity index is 3.19. The van der Waals surface area contributed by atoms with Gasteiger partial charge in [-0.1, -0.05) is 201 Å². The molecule has 0 radical (unpaired) electrons. The molecule has 0 aliphatic carbocycles. The Hall–Kier alpha value is 0. The number of rotatable bonds is 28. The molecule has 0 amide bonds. The van der Waals surface area contributed by atoms with Gasteiger partial charge in [0.25, 0.3) is 0 Å². The lowest BCUT2D eigenvalue weighted by Gasteiger charge is -2.14.